The van der Waals surface area contributed by atoms with Crippen molar-refractivity contribution >= 4 is 0 Å². The molecule has 0 bridgehead atoms. The van der Waals surface area contributed by atoms with Crippen LogP contribution in [0.15, 0.2) is 54.6 Å². The number of benzene rings is 2. The summed E-state index contributed by atoms with van der Waals surface area (Å²) in [6.45, 7) is 6.91. The van der Waals surface area contributed by atoms with Crippen LogP contribution in [0, 0.1) is 0 Å². The Morgan fingerprint density at radius 2 is 1.43 bits per heavy atom. The Labute approximate surface area is 129 Å². The number of ether oxygens (including phenoxy) is 1. The average molecular weight is 282 g/mol. The van der Waals surface area contributed by atoms with E-state index < -0.39 is 0 Å². The van der Waals surface area contributed by atoms with Crippen LogP contribution in [0.5, 0.6) is 11.5 Å². The molecule has 0 radical (unpaired) electrons. The Morgan fingerprint density at radius 1 is 0.810 bits per heavy atom. The molecule has 21 heavy (non-hydrogen) atoms. The summed E-state index contributed by atoms with van der Waals surface area (Å²) in [4.78, 5) is 0. The first kappa shape index (κ1) is 15.6. The smallest absolute Gasteiger partial charge is 0.127 e. The highest BCUT2D eigenvalue weighted by Gasteiger charge is 2.19. The van der Waals surface area contributed by atoms with Gasteiger partial charge in [0.2, 0.25) is 0 Å². The molecule has 0 N–H and O–H groups in total. The normalized spacial score (nSPS) is 11.4. The molecule has 112 valence electrons. The van der Waals surface area contributed by atoms with Crippen LogP contribution in [-0.2, 0) is 5.41 Å². The van der Waals surface area contributed by atoms with Crippen LogP contribution in [0.1, 0.15) is 52.0 Å². The van der Waals surface area contributed by atoms with Crippen LogP contribution < -0.4 is 4.74 Å². The van der Waals surface area contributed by atoms with E-state index in [-0.39, 0.29) is 5.41 Å². The Morgan fingerprint density at radius 3 is 2.05 bits per heavy atom. The molecule has 0 heterocycles. The Kier molecular flexibility index (Phi) is 5.44. The lowest BCUT2D eigenvalue weighted by atomic mass is 9.80. The summed E-state index contributed by atoms with van der Waals surface area (Å²) in [7, 11) is 0. The molecule has 1 nitrogen and oxygen atoms in total. The van der Waals surface area contributed by atoms with Crippen LogP contribution in [0.25, 0.3) is 0 Å². The predicted molar refractivity (Wildman–Crippen MR) is 90.1 cm³/mol. The lowest BCUT2D eigenvalue weighted by Crippen LogP contribution is -2.16. The molecule has 2 rings (SSSR count). The van der Waals surface area contributed by atoms with Gasteiger partial charge in [-0.1, -0.05) is 70.4 Å². The summed E-state index contributed by atoms with van der Waals surface area (Å²) >= 11 is 0. The summed E-state index contributed by atoms with van der Waals surface area (Å²) in [5, 5.41) is 0. The lowest BCUT2D eigenvalue weighted by molar-refractivity contribution is 0.447. The number of unbranched alkanes of at least 4 members (excludes halogenated alkanes) is 2. The van der Waals surface area contributed by atoms with Crippen molar-refractivity contribution in [2.75, 3.05) is 0 Å². The first-order valence-electron chi connectivity index (χ1n) is 7.95. The SMILES string of the molecule is CCCCCC(C)(C)c1ccc(Oc2ccccc2)cc1. The van der Waals surface area contributed by atoms with E-state index in [2.05, 4.69) is 45.0 Å². The fourth-order valence-corrected chi connectivity index (χ4v) is 2.56. The maximum atomic E-state index is 5.84. The second kappa shape index (κ2) is 7.31. The second-order valence-electron chi connectivity index (χ2n) is 6.28. The molecule has 0 amide bonds. The summed E-state index contributed by atoms with van der Waals surface area (Å²) in [6.07, 6.45) is 5.13. The largest absolute Gasteiger partial charge is 0.457 e. The number of hydrogen-bond donors (Lipinski definition) is 0. The van der Waals surface area contributed by atoms with Crippen molar-refractivity contribution in [2.24, 2.45) is 0 Å². The quantitative estimate of drug-likeness (QED) is 0.539. The first-order valence-corrected chi connectivity index (χ1v) is 7.95. The molecule has 0 aromatic heterocycles. The van der Waals surface area contributed by atoms with Gasteiger partial charge in [-0.25, -0.2) is 0 Å². The van der Waals surface area contributed by atoms with Gasteiger partial charge in [0.05, 0.1) is 0 Å². The highest BCUT2D eigenvalue weighted by Crippen LogP contribution is 2.31. The van der Waals surface area contributed by atoms with Gasteiger partial charge in [-0.05, 0) is 41.7 Å². The zero-order valence-electron chi connectivity index (χ0n) is 13.4. The second-order valence-corrected chi connectivity index (χ2v) is 6.28. The monoisotopic (exact) mass is 282 g/mol. The Balaban J connectivity index is 2.01. The van der Waals surface area contributed by atoms with Crippen molar-refractivity contribution in [1.82, 2.24) is 0 Å². The number of rotatable bonds is 7. The van der Waals surface area contributed by atoms with Crippen molar-refractivity contribution in [1.29, 1.82) is 0 Å². The van der Waals surface area contributed by atoms with Gasteiger partial charge in [-0.2, -0.15) is 0 Å². The summed E-state index contributed by atoms with van der Waals surface area (Å²) < 4.78 is 5.84. The standard InChI is InChI=1S/C20H26O/c1-4-5-9-16-20(2,3)17-12-14-19(15-13-17)21-18-10-7-6-8-11-18/h6-8,10-15H,4-5,9,16H2,1-3H3. The van der Waals surface area contributed by atoms with E-state index in [4.69, 9.17) is 4.74 Å². The topological polar surface area (TPSA) is 9.23 Å². The predicted octanol–water partition coefficient (Wildman–Crippen LogP) is 6.34. The highest BCUT2D eigenvalue weighted by atomic mass is 16.5. The molecule has 2 aromatic carbocycles. The molecule has 0 saturated carbocycles. The minimum atomic E-state index is 0.237. The molecule has 2 aromatic rings. The van der Waals surface area contributed by atoms with E-state index in [1.54, 1.807) is 0 Å². The van der Waals surface area contributed by atoms with E-state index >= 15 is 0 Å². The fourth-order valence-electron chi connectivity index (χ4n) is 2.56. The number of hydrogen-bond acceptors (Lipinski definition) is 1. The zero-order chi connectivity index (χ0) is 15.1. The average Bonchev–Trinajstić information content (AvgIpc) is 2.49. The molecule has 1 heteroatoms. The van der Waals surface area contributed by atoms with Gasteiger partial charge in [0, 0.05) is 0 Å². The molecule has 0 aliphatic carbocycles. The molecular formula is C20H26O. The van der Waals surface area contributed by atoms with Gasteiger partial charge in [-0.3, -0.25) is 0 Å². The molecule has 0 spiro atoms. The molecule has 0 saturated heterocycles. The van der Waals surface area contributed by atoms with Gasteiger partial charge in [0.15, 0.2) is 0 Å². The summed E-state index contributed by atoms with van der Waals surface area (Å²) in [5.74, 6) is 1.78. The van der Waals surface area contributed by atoms with Crippen LogP contribution in [0.4, 0.5) is 0 Å². The molecule has 0 unspecified atom stereocenters. The van der Waals surface area contributed by atoms with Crippen molar-refractivity contribution < 1.29 is 4.74 Å². The highest BCUT2D eigenvalue weighted by molar-refractivity contribution is 5.35. The van der Waals surface area contributed by atoms with E-state index in [9.17, 15) is 0 Å². The first-order chi connectivity index (χ1) is 10.1. The molecule has 0 atom stereocenters. The maximum absolute atomic E-state index is 5.84. The van der Waals surface area contributed by atoms with E-state index in [1.807, 2.05) is 30.3 Å². The Hall–Kier alpha value is -1.76. The Bertz CT molecular complexity index is 526. The van der Waals surface area contributed by atoms with Gasteiger partial charge >= 0.3 is 0 Å². The van der Waals surface area contributed by atoms with Gasteiger partial charge in [-0.15, -0.1) is 0 Å². The zero-order valence-corrected chi connectivity index (χ0v) is 13.4. The third kappa shape index (κ3) is 4.63. The van der Waals surface area contributed by atoms with E-state index in [1.165, 1.54) is 31.2 Å². The summed E-state index contributed by atoms with van der Waals surface area (Å²) in [5.41, 5.74) is 1.62. The van der Waals surface area contributed by atoms with E-state index in [0.717, 1.165) is 11.5 Å². The van der Waals surface area contributed by atoms with Crippen molar-refractivity contribution in [3.05, 3.63) is 60.2 Å². The third-order valence-corrected chi connectivity index (χ3v) is 4.02. The van der Waals surface area contributed by atoms with Crippen LogP contribution in [0.3, 0.4) is 0 Å². The minimum Gasteiger partial charge on any atom is -0.457 e. The van der Waals surface area contributed by atoms with Crippen molar-refractivity contribution in [3.63, 3.8) is 0 Å². The molecular weight excluding hydrogens is 256 g/mol. The van der Waals surface area contributed by atoms with E-state index in [0.29, 0.717) is 0 Å². The molecule has 0 fully saturated rings. The fraction of sp³-hybridized carbons (Fsp3) is 0.400. The van der Waals surface area contributed by atoms with Crippen LogP contribution >= 0.6 is 0 Å². The van der Waals surface area contributed by atoms with Crippen LogP contribution in [0.2, 0.25) is 0 Å². The third-order valence-electron chi connectivity index (χ3n) is 4.02. The van der Waals surface area contributed by atoms with Crippen LogP contribution in [-0.4, -0.2) is 0 Å². The molecule has 0 aliphatic rings. The van der Waals surface area contributed by atoms with Gasteiger partial charge in [0.1, 0.15) is 11.5 Å². The minimum absolute atomic E-state index is 0.237. The summed E-state index contributed by atoms with van der Waals surface area (Å²) in [6, 6.07) is 18.5. The van der Waals surface area contributed by atoms with Crippen molar-refractivity contribution in [3.8, 4) is 11.5 Å². The number of para-hydroxylation sites is 1. The van der Waals surface area contributed by atoms with Gasteiger partial charge < -0.3 is 4.74 Å². The maximum Gasteiger partial charge on any atom is 0.127 e. The lowest BCUT2D eigenvalue weighted by Gasteiger charge is -2.25. The van der Waals surface area contributed by atoms with Gasteiger partial charge in [0.25, 0.3) is 0 Å². The van der Waals surface area contributed by atoms with Crippen molar-refractivity contribution in [2.45, 2.75) is 51.9 Å². The molecule has 0 aliphatic heterocycles.